The molecule has 0 unspecified atom stereocenters. The van der Waals surface area contributed by atoms with Gasteiger partial charge in [-0.05, 0) is 42.0 Å². The third kappa shape index (κ3) is 4.56. The summed E-state index contributed by atoms with van der Waals surface area (Å²) in [6.07, 6.45) is 0.147. The first-order chi connectivity index (χ1) is 11.0. The van der Waals surface area contributed by atoms with Gasteiger partial charge in [0.2, 0.25) is 0 Å². The van der Waals surface area contributed by atoms with Crippen molar-refractivity contribution in [2.45, 2.75) is 12.5 Å². The van der Waals surface area contributed by atoms with Crippen LogP contribution < -0.4 is 5.32 Å². The predicted octanol–water partition coefficient (Wildman–Crippen LogP) is 2.64. The summed E-state index contributed by atoms with van der Waals surface area (Å²) in [5, 5.41) is 21.1. The quantitative estimate of drug-likeness (QED) is 0.882. The number of halogens is 1. The number of carbonyl (C=O) groups is 2. The molecule has 2 N–H and O–H groups in total. The summed E-state index contributed by atoms with van der Waals surface area (Å²) >= 11 is 5.79. The van der Waals surface area contributed by atoms with Gasteiger partial charge in [0, 0.05) is 17.0 Å². The number of nitriles is 1. The molecule has 23 heavy (non-hydrogen) atoms. The highest BCUT2D eigenvalue weighted by Gasteiger charge is 2.21. The Morgan fingerprint density at radius 1 is 1.13 bits per heavy atom. The summed E-state index contributed by atoms with van der Waals surface area (Å²) in [7, 11) is 0. The zero-order valence-electron chi connectivity index (χ0n) is 12.0. The number of aliphatic carboxylic acids is 1. The van der Waals surface area contributed by atoms with Gasteiger partial charge in [-0.2, -0.15) is 5.26 Å². The molecule has 0 fully saturated rings. The number of carbonyl (C=O) groups excluding carboxylic acids is 1. The summed E-state index contributed by atoms with van der Waals surface area (Å²) in [4.78, 5) is 23.5. The molecular formula is C17H13ClN2O3. The monoisotopic (exact) mass is 328 g/mol. The summed E-state index contributed by atoms with van der Waals surface area (Å²) in [6.45, 7) is 0. The molecule has 2 rings (SSSR count). The largest absolute Gasteiger partial charge is 0.480 e. The number of carboxylic acids is 1. The zero-order chi connectivity index (χ0) is 16.8. The second-order valence-electron chi connectivity index (χ2n) is 4.88. The molecular weight excluding hydrogens is 316 g/mol. The van der Waals surface area contributed by atoms with Crippen molar-refractivity contribution in [3.05, 3.63) is 70.2 Å². The Bertz CT molecular complexity index is 749. The molecule has 6 heteroatoms. The maximum atomic E-state index is 12.1. The van der Waals surface area contributed by atoms with Crippen LogP contribution in [0.2, 0.25) is 5.02 Å². The van der Waals surface area contributed by atoms with E-state index in [1.54, 1.807) is 24.3 Å². The standard InChI is InChI=1S/C17H13ClN2O3/c18-14-7-3-11(4-8-14)9-15(17(22)23)20-16(21)13-5-1-12(10-19)2-6-13/h1-8,15H,9H2,(H,20,21)(H,22,23)/t15-/m1/s1. The van der Waals surface area contributed by atoms with Crippen molar-refractivity contribution in [1.82, 2.24) is 5.32 Å². The van der Waals surface area contributed by atoms with Gasteiger partial charge in [0.15, 0.2) is 0 Å². The number of hydrogen-bond acceptors (Lipinski definition) is 3. The zero-order valence-corrected chi connectivity index (χ0v) is 12.7. The molecule has 1 amide bonds. The van der Waals surface area contributed by atoms with Crippen LogP contribution in [-0.4, -0.2) is 23.0 Å². The first-order valence-corrected chi connectivity index (χ1v) is 7.15. The molecule has 5 nitrogen and oxygen atoms in total. The summed E-state index contributed by atoms with van der Waals surface area (Å²) in [6, 6.07) is 13.6. The van der Waals surface area contributed by atoms with E-state index in [2.05, 4.69) is 5.32 Å². The Hall–Kier alpha value is -2.84. The van der Waals surface area contributed by atoms with Gasteiger partial charge in [0.1, 0.15) is 6.04 Å². The summed E-state index contributed by atoms with van der Waals surface area (Å²) in [5.74, 6) is -1.63. The highest BCUT2D eigenvalue weighted by Crippen LogP contribution is 2.12. The van der Waals surface area contributed by atoms with Crippen LogP contribution in [0.15, 0.2) is 48.5 Å². The van der Waals surface area contributed by atoms with Crippen LogP contribution in [0, 0.1) is 11.3 Å². The predicted molar refractivity (Wildman–Crippen MR) is 85.2 cm³/mol. The number of nitrogens with zero attached hydrogens (tertiary/aromatic N) is 1. The van der Waals surface area contributed by atoms with Crippen LogP contribution in [0.4, 0.5) is 0 Å². The third-order valence-corrected chi connectivity index (χ3v) is 3.48. The first kappa shape index (κ1) is 16.5. The minimum absolute atomic E-state index is 0.147. The highest BCUT2D eigenvalue weighted by atomic mass is 35.5. The van der Waals surface area contributed by atoms with E-state index in [1.807, 2.05) is 6.07 Å². The van der Waals surface area contributed by atoms with E-state index < -0.39 is 17.9 Å². The van der Waals surface area contributed by atoms with Gasteiger partial charge < -0.3 is 10.4 Å². The lowest BCUT2D eigenvalue weighted by molar-refractivity contribution is -0.139. The average Bonchev–Trinajstić information content (AvgIpc) is 2.56. The molecule has 2 aromatic rings. The van der Waals surface area contributed by atoms with E-state index in [4.69, 9.17) is 16.9 Å². The number of amides is 1. The van der Waals surface area contributed by atoms with Gasteiger partial charge in [-0.15, -0.1) is 0 Å². The van der Waals surface area contributed by atoms with Crippen LogP contribution in [0.3, 0.4) is 0 Å². The molecule has 0 heterocycles. The fourth-order valence-electron chi connectivity index (χ4n) is 1.99. The van der Waals surface area contributed by atoms with Crippen LogP contribution >= 0.6 is 11.6 Å². The smallest absolute Gasteiger partial charge is 0.326 e. The van der Waals surface area contributed by atoms with Crippen molar-refractivity contribution >= 4 is 23.5 Å². The lowest BCUT2D eigenvalue weighted by atomic mass is 10.1. The topological polar surface area (TPSA) is 90.2 Å². The van der Waals surface area contributed by atoms with E-state index >= 15 is 0 Å². The van der Waals surface area contributed by atoms with Crippen LogP contribution in [-0.2, 0) is 11.2 Å². The normalized spacial score (nSPS) is 11.3. The molecule has 0 radical (unpaired) electrons. The molecule has 0 bridgehead atoms. The van der Waals surface area contributed by atoms with E-state index in [9.17, 15) is 14.7 Å². The van der Waals surface area contributed by atoms with Crippen molar-refractivity contribution in [3.63, 3.8) is 0 Å². The molecule has 116 valence electrons. The Morgan fingerprint density at radius 2 is 1.74 bits per heavy atom. The average molecular weight is 329 g/mol. The lowest BCUT2D eigenvalue weighted by Crippen LogP contribution is -2.42. The van der Waals surface area contributed by atoms with E-state index in [1.165, 1.54) is 24.3 Å². The SMILES string of the molecule is N#Cc1ccc(C(=O)N[C@H](Cc2ccc(Cl)cc2)C(=O)O)cc1. The van der Waals surface area contributed by atoms with Crippen LogP contribution in [0.25, 0.3) is 0 Å². The van der Waals surface area contributed by atoms with Gasteiger partial charge in [0.25, 0.3) is 5.91 Å². The maximum absolute atomic E-state index is 12.1. The van der Waals surface area contributed by atoms with Gasteiger partial charge in [0.05, 0.1) is 11.6 Å². The Balaban J connectivity index is 2.09. The number of nitrogens with one attached hydrogen (secondary N) is 1. The summed E-state index contributed by atoms with van der Waals surface area (Å²) < 4.78 is 0. The summed E-state index contributed by atoms with van der Waals surface area (Å²) in [5.41, 5.74) is 1.48. The van der Waals surface area contributed by atoms with Crippen molar-refractivity contribution in [1.29, 1.82) is 5.26 Å². The lowest BCUT2D eigenvalue weighted by Gasteiger charge is -2.15. The molecule has 1 atom stereocenters. The highest BCUT2D eigenvalue weighted by molar-refractivity contribution is 6.30. The minimum atomic E-state index is -1.12. The van der Waals surface area contributed by atoms with Crippen molar-refractivity contribution < 1.29 is 14.7 Å². The number of hydrogen-bond donors (Lipinski definition) is 2. The van der Waals surface area contributed by atoms with E-state index in [0.29, 0.717) is 16.1 Å². The molecule has 0 aliphatic rings. The first-order valence-electron chi connectivity index (χ1n) is 6.78. The fourth-order valence-corrected chi connectivity index (χ4v) is 2.12. The molecule has 0 aromatic heterocycles. The Labute approximate surface area is 138 Å². The van der Waals surface area contributed by atoms with Crippen LogP contribution in [0.5, 0.6) is 0 Å². The second kappa shape index (κ2) is 7.43. The molecule has 0 saturated heterocycles. The van der Waals surface area contributed by atoms with E-state index in [0.717, 1.165) is 5.56 Å². The number of carboxylic acid groups (broad SMARTS) is 1. The minimum Gasteiger partial charge on any atom is -0.480 e. The molecule has 2 aromatic carbocycles. The third-order valence-electron chi connectivity index (χ3n) is 3.23. The molecule has 0 spiro atoms. The van der Waals surface area contributed by atoms with Crippen LogP contribution in [0.1, 0.15) is 21.5 Å². The molecule has 0 aliphatic carbocycles. The van der Waals surface area contributed by atoms with Gasteiger partial charge in [-0.1, -0.05) is 23.7 Å². The van der Waals surface area contributed by atoms with Crippen molar-refractivity contribution in [2.24, 2.45) is 0 Å². The van der Waals surface area contributed by atoms with Gasteiger partial charge >= 0.3 is 5.97 Å². The fraction of sp³-hybridized carbons (Fsp3) is 0.118. The maximum Gasteiger partial charge on any atom is 0.326 e. The molecule has 0 aliphatic heterocycles. The molecule has 0 saturated carbocycles. The van der Waals surface area contributed by atoms with Crippen molar-refractivity contribution in [2.75, 3.05) is 0 Å². The number of rotatable bonds is 5. The van der Waals surface area contributed by atoms with Crippen molar-refractivity contribution in [3.8, 4) is 6.07 Å². The van der Waals surface area contributed by atoms with Gasteiger partial charge in [-0.25, -0.2) is 4.79 Å². The van der Waals surface area contributed by atoms with Gasteiger partial charge in [-0.3, -0.25) is 4.79 Å². The second-order valence-corrected chi connectivity index (χ2v) is 5.32. The number of benzene rings is 2. The van der Waals surface area contributed by atoms with E-state index in [-0.39, 0.29) is 6.42 Å². The Kier molecular flexibility index (Phi) is 5.34. The Morgan fingerprint density at radius 3 is 2.26 bits per heavy atom.